The van der Waals surface area contributed by atoms with E-state index in [9.17, 15) is 9.90 Å². The van der Waals surface area contributed by atoms with Crippen LogP contribution in [0.5, 0.6) is 0 Å². The fourth-order valence-electron chi connectivity index (χ4n) is 2.42. The number of benzene rings is 1. The Morgan fingerprint density at radius 1 is 1.22 bits per heavy atom. The Morgan fingerprint density at radius 2 is 1.87 bits per heavy atom. The van der Waals surface area contributed by atoms with Gasteiger partial charge in [0.2, 0.25) is 5.91 Å². The number of aliphatic hydroxyl groups is 1. The summed E-state index contributed by atoms with van der Waals surface area (Å²) >= 11 is 0. The Morgan fingerprint density at radius 3 is 2.48 bits per heavy atom. The van der Waals surface area contributed by atoms with Crippen LogP contribution in [-0.2, 0) is 27.4 Å². The number of carbonyl (C=O) groups excluding carboxylic acids is 1. The average molecular weight is 321 g/mol. The lowest BCUT2D eigenvalue weighted by Gasteiger charge is -2.22. The highest BCUT2D eigenvalue weighted by molar-refractivity contribution is 5.81. The summed E-state index contributed by atoms with van der Waals surface area (Å²) in [6.45, 7) is 1.85. The zero-order chi connectivity index (χ0) is 16.7. The lowest BCUT2D eigenvalue weighted by Crippen LogP contribution is -2.38. The van der Waals surface area contributed by atoms with Crippen molar-refractivity contribution in [1.82, 2.24) is 14.5 Å². The van der Waals surface area contributed by atoms with E-state index in [1.54, 1.807) is 23.7 Å². The molecule has 1 aromatic heterocycles. The smallest absolute Gasteiger partial charge is 0.242 e. The maximum absolute atomic E-state index is 12.6. The van der Waals surface area contributed by atoms with Gasteiger partial charge in [0.15, 0.2) is 0 Å². The van der Waals surface area contributed by atoms with Gasteiger partial charge in [-0.3, -0.25) is 4.79 Å². The van der Waals surface area contributed by atoms with Crippen molar-refractivity contribution in [3.8, 4) is 0 Å². The van der Waals surface area contributed by atoms with E-state index in [0.29, 0.717) is 32.1 Å². The van der Waals surface area contributed by atoms with Crippen LogP contribution in [0.15, 0.2) is 24.3 Å². The van der Waals surface area contributed by atoms with Crippen LogP contribution in [0.25, 0.3) is 11.0 Å². The number of hydrogen-bond acceptors (Lipinski definition) is 5. The van der Waals surface area contributed by atoms with Crippen LogP contribution in [0.4, 0.5) is 0 Å². The van der Waals surface area contributed by atoms with Crippen molar-refractivity contribution < 1.29 is 19.4 Å². The van der Waals surface area contributed by atoms with E-state index in [4.69, 9.17) is 9.47 Å². The number of rotatable bonds is 9. The van der Waals surface area contributed by atoms with Crippen LogP contribution in [0, 0.1) is 0 Å². The number of ether oxygens (including phenoxy) is 2. The largest absolute Gasteiger partial charge is 0.388 e. The van der Waals surface area contributed by atoms with Crippen LogP contribution >= 0.6 is 0 Å². The number of para-hydroxylation sites is 2. The van der Waals surface area contributed by atoms with Gasteiger partial charge in [0.1, 0.15) is 19.0 Å². The first-order chi connectivity index (χ1) is 11.2. The van der Waals surface area contributed by atoms with Crippen molar-refractivity contribution in [3.05, 3.63) is 30.1 Å². The predicted octanol–water partition coefficient (Wildman–Crippen LogP) is 0.650. The molecule has 0 spiro atoms. The molecule has 0 saturated heterocycles. The summed E-state index contributed by atoms with van der Waals surface area (Å²) in [4.78, 5) is 18.7. The van der Waals surface area contributed by atoms with Gasteiger partial charge in [0, 0.05) is 27.3 Å². The summed E-state index contributed by atoms with van der Waals surface area (Å²) in [7, 11) is 3.21. The van der Waals surface area contributed by atoms with Crippen LogP contribution in [-0.4, -0.2) is 66.0 Å². The summed E-state index contributed by atoms with van der Waals surface area (Å²) in [6.07, 6.45) is 0. The molecular formula is C16H23N3O4. The van der Waals surface area contributed by atoms with Gasteiger partial charge < -0.3 is 24.0 Å². The number of carbonyl (C=O) groups is 1. The molecule has 1 amide bonds. The van der Waals surface area contributed by atoms with Crippen molar-refractivity contribution in [2.45, 2.75) is 13.2 Å². The summed E-state index contributed by atoms with van der Waals surface area (Å²) in [5.41, 5.74) is 1.60. The number of methoxy groups -OCH3 is 2. The normalized spacial score (nSPS) is 11.1. The van der Waals surface area contributed by atoms with Gasteiger partial charge in [-0.2, -0.15) is 0 Å². The molecule has 0 atom stereocenters. The molecule has 0 aliphatic rings. The van der Waals surface area contributed by atoms with E-state index in [0.717, 1.165) is 11.0 Å². The van der Waals surface area contributed by atoms with Crippen molar-refractivity contribution in [2.75, 3.05) is 40.5 Å². The van der Waals surface area contributed by atoms with Gasteiger partial charge in [-0.05, 0) is 12.1 Å². The molecule has 2 aromatic rings. The number of hydrogen-bond donors (Lipinski definition) is 1. The minimum absolute atomic E-state index is 0.0584. The lowest BCUT2D eigenvalue weighted by atomic mass is 10.3. The third-order valence-corrected chi connectivity index (χ3v) is 3.65. The van der Waals surface area contributed by atoms with Gasteiger partial charge in [-0.15, -0.1) is 0 Å². The summed E-state index contributed by atoms with van der Waals surface area (Å²) in [5, 5.41) is 9.51. The van der Waals surface area contributed by atoms with Crippen molar-refractivity contribution in [3.63, 3.8) is 0 Å². The van der Waals surface area contributed by atoms with Gasteiger partial charge in [0.05, 0.1) is 24.2 Å². The third-order valence-electron chi connectivity index (χ3n) is 3.65. The summed E-state index contributed by atoms with van der Waals surface area (Å²) in [5.74, 6) is 0.426. The standard InChI is InChI=1S/C16H23N3O4/c1-22-9-7-18(8-10-23-2)16(21)11-19-14-6-4-3-5-13(14)17-15(19)12-20/h3-6,20H,7-12H2,1-2H3. The molecule has 126 valence electrons. The molecule has 0 aliphatic carbocycles. The molecule has 7 nitrogen and oxygen atoms in total. The Bertz CT molecular complexity index is 633. The SMILES string of the molecule is COCCN(CCOC)C(=O)Cn1c(CO)nc2ccccc21. The Balaban J connectivity index is 2.19. The zero-order valence-electron chi connectivity index (χ0n) is 13.6. The molecule has 2 rings (SSSR count). The minimum Gasteiger partial charge on any atom is -0.388 e. The highest BCUT2D eigenvalue weighted by Crippen LogP contribution is 2.16. The van der Waals surface area contributed by atoms with Gasteiger partial charge in [0.25, 0.3) is 0 Å². The molecule has 0 fully saturated rings. The van der Waals surface area contributed by atoms with E-state index < -0.39 is 0 Å². The molecule has 1 aromatic carbocycles. The van der Waals surface area contributed by atoms with Crippen molar-refractivity contribution in [2.24, 2.45) is 0 Å². The number of imidazole rings is 1. The van der Waals surface area contributed by atoms with Crippen LogP contribution < -0.4 is 0 Å². The van der Waals surface area contributed by atoms with Crippen LogP contribution in [0.2, 0.25) is 0 Å². The molecular weight excluding hydrogens is 298 g/mol. The third kappa shape index (κ3) is 4.28. The quantitative estimate of drug-likeness (QED) is 0.734. The number of nitrogens with zero attached hydrogens (tertiary/aromatic N) is 3. The van der Waals surface area contributed by atoms with E-state index in [-0.39, 0.29) is 19.1 Å². The molecule has 0 unspecified atom stereocenters. The molecule has 1 heterocycles. The Kier molecular flexibility index (Phi) is 6.52. The number of aromatic nitrogens is 2. The lowest BCUT2D eigenvalue weighted by molar-refractivity contribution is -0.133. The molecule has 0 bridgehead atoms. The van der Waals surface area contributed by atoms with Gasteiger partial charge in [-0.25, -0.2) is 4.98 Å². The second kappa shape index (κ2) is 8.61. The fourth-order valence-corrected chi connectivity index (χ4v) is 2.42. The topological polar surface area (TPSA) is 76.8 Å². The molecule has 0 aliphatic heterocycles. The first kappa shape index (κ1) is 17.4. The van der Waals surface area contributed by atoms with Crippen LogP contribution in [0.3, 0.4) is 0 Å². The second-order valence-electron chi connectivity index (χ2n) is 5.13. The minimum atomic E-state index is -0.210. The Labute approximate surface area is 135 Å². The van der Waals surface area contributed by atoms with E-state index >= 15 is 0 Å². The fraction of sp³-hybridized carbons (Fsp3) is 0.500. The Hall–Kier alpha value is -1.96. The average Bonchev–Trinajstić information content (AvgIpc) is 2.93. The first-order valence-corrected chi connectivity index (χ1v) is 7.52. The van der Waals surface area contributed by atoms with E-state index in [1.807, 2.05) is 24.3 Å². The van der Waals surface area contributed by atoms with Gasteiger partial charge >= 0.3 is 0 Å². The second-order valence-corrected chi connectivity index (χ2v) is 5.13. The maximum atomic E-state index is 12.6. The maximum Gasteiger partial charge on any atom is 0.242 e. The molecule has 7 heteroatoms. The highest BCUT2D eigenvalue weighted by Gasteiger charge is 2.17. The molecule has 0 radical (unpaired) electrons. The van der Waals surface area contributed by atoms with Gasteiger partial charge in [-0.1, -0.05) is 12.1 Å². The number of fused-ring (bicyclic) bond motifs is 1. The predicted molar refractivity (Wildman–Crippen MR) is 86.0 cm³/mol. The first-order valence-electron chi connectivity index (χ1n) is 7.52. The monoisotopic (exact) mass is 321 g/mol. The number of amides is 1. The van der Waals surface area contributed by atoms with E-state index in [1.165, 1.54) is 0 Å². The zero-order valence-corrected chi connectivity index (χ0v) is 13.6. The summed E-state index contributed by atoms with van der Waals surface area (Å²) < 4.78 is 11.9. The van der Waals surface area contributed by atoms with E-state index in [2.05, 4.69) is 4.98 Å². The highest BCUT2D eigenvalue weighted by atomic mass is 16.5. The molecule has 23 heavy (non-hydrogen) atoms. The van der Waals surface area contributed by atoms with Crippen molar-refractivity contribution in [1.29, 1.82) is 0 Å². The summed E-state index contributed by atoms with van der Waals surface area (Å²) in [6, 6.07) is 7.53. The molecule has 0 saturated carbocycles. The number of aliphatic hydroxyl groups excluding tert-OH is 1. The van der Waals surface area contributed by atoms with Crippen molar-refractivity contribution >= 4 is 16.9 Å². The van der Waals surface area contributed by atoms with Crippen LogP contribution in [0.1, 0.15) is 5.82 Å². The molecule has 1 N–H and O–H groups in total.